The number of carbonyl (C=O) groups is 2. The molecule has 1 atom stereocenters. The van der Waals surface area contributed by atoms with Crippen molar-refractivity contribution in [1.82, 2.24) is 4.90 Å². The maximum absolute atomic E-state index is 11.7. The van der Waals surface area contributed by atoms with Crippen molar-refractivity contribution < 1.29 is 14.7 Å². The summed E-state index contributed by atoms with van der Waals surface area (Å²) in [6, 6.07) is 0. The van der Waals surface area contributed by atoms with E-state index in [1.165, 1.54) is 4.90 Å². The molecule has 14 heavy (non-hydrogen) atoms. The van der Waals surface area contributed by atoms with Crippen molar-refractivity contribution in [3.8, 4) is 0 Å². The molecule has 80 valence electrons. The van der Waals surface area contributed by atoms with E-state index in [2.05, 4.69) is 0 Å². The Morgan fingerprint density at radius 1 is 1.50 bits per heavy atom. The number of hydrogen-bond donors (Lipinski definition) is 1. The molecule has 2 amide bonds. The minimum Gasteiger partial charge on any atom is -0.391 e. The Bertz CT molecular complexity index is 260. The monoisotopic (exact) mass is 199 g/mol. The smallest absolute Gasteiger partial charge is 0.235 e. The molecule has 1 unspecified atom stereocenters. The average Bonchev–Trinajstić information content (AvgIpc) is 2.28. The highest BCUT2D eigenvalue weighted by Gasteiger charge is 2.44. The fourth-order valence-corrected chi connectivity index (χ4v) is 1.55. The summed E-state index contributed by atoms with van der Waals surface area (Å²) in [5.74, 6) is -0.345. The van der Waals surface area contributed by atoms with Gasteiger partial charge in [0.1, 0.15) is 0 Å². The summed E-state index contributed by atoms with van der Waals surface area (Å²) in [4.78, 5) is 24.3. The summed E-state index contributed by atoms with van der Waals surface area (Å²) < 4.78 is 0. The Balaban J connectivity index is 2.71. The van der Waals surface area contributed by atoms with Crippen molar-refractivity contribution in [1.29, 1.82) is 0 Å². The van der Waals surface area contributed by atoms with E-state index in [1.807, 2.05) is 6.92 Å². The quantitative estimate of drug-likeness (QED) is 0.675. The van der Waals surface area contributed by atoms with Gasteiger partial charge in [0.25, 0.3) is 0 Å². The first kappa shape index (κ1) is 11.2. The molecule has 1 fully saturated rings. The molecule has 0 radical (unpaired) electrons. The van der Waals surface area contributed by atoms with Gasteiger partial charge in [-0.2, -0.15) is 0 Å². The zero-order chi connectivity index (χ0) is 10.9. The van der Waals surface area contributed by atoms with Gasteiger partial charge in [-0.3, -0.25) is 14.5 Å². The van der Waals surface area contributed by atoms with E-state index in [4.69, 9.17) is 0 Å². The van der Waals surface area contributed by atoms with Gasteiger partial charge < -0.3 is 5.11 Å². The molecule has 4 nitrogen and oxygen atoms in total. The molecule has 0 aromatic rings. The molecule has 0 aliphatic carbocycles. The Hall–Kier alpha value is -0.900. The lowest BCUT2D eigenvalue weighted by atomic mass is 9.92. The van der Waals surface area contributed by atoms with Crippen LogP contribution in [0.25, 0.3) is 0 Å². The highest BCUT2D eigenvalue weighted by molar-refractivity contribution is 6.05. The number of aliphatic hydroxyl groups excluding tert-OH is 1. The van der Waals surface area contributed by atoms with E-state index < -0.39 is 11.5 Å². The molecule has 1 rings (SSSR count). The van der Waals surface area contributed by atoms with Crippen LogP contribution in [0.5, 0.6) is 0 Å². The zero-order valence-electron chi connectivity index (χ0n) is 8.91. The van der Waals surface area contributed by atoms with E-state index in [-0.39, 0.29) is 24.8 Å². The number of hydrogen-bond acceptors (Lipinski definition) is 3. The molecule has 0 aromatic heterocycles. The van der Waals surface area contributed by atoms with E-state index in [0.717, 1.165) is 0 Å². The van der Waals surface area contributed by atoms with Crippen molar-refractivity contribution in [2.24, 2.45) is 5.41 Å². The van der Waals surface area contributed by atoms with Crippen LogP contribution in [0.3, 0.4) is 0 Å². The number of imide groups is 1. The third-order valence-electron chi connectivity index (χ3n) is 2.58. The van der Waals surface area contributed by atoms with Crippen molar-refractivity contribution in [2.75, 3.05) is 6.54 Å². The van der Waals surface area contributed by atoms with E-state index in [0.29, 0.717) is 6.42 Å². The second-order valence-electron chi connectivity index (χ2n) is 4.43. The summed E-state index contributed by atoms with van der Waals surface area (Å²) in [6.07, 6.45) is 0.205. The van der Waals surface area contributed by atoms with Crippen LogP contribution < -0.4 is 0 Å². The van der Waals surface area contributed by atoms with Gasteiger partial charge in [-0.25, -0.2) is 0 Å². The lowest BCUT2D eigenvalue weighted by Gasteiger charge is -2.19. The van der Waals surface area contributed by atoms with Crippen molar-refractivity contribution >= 4 is 11.8 Å². The van der Waals surface area contributed by atoms with Crippen LogP contribution in [-0.4, -0.2) is 34.5 Å². The lowest BCUT2D eigenvalue weighted by molar-refractivity contribution is -0.142. The first-order valence-corrected chi connectivity index (χ1v) is 4.91. The molecule has 1 aliphatic rings. The number of rotatable bonds is 3. The third-order valence-corrected chi connectivity index (χ3v) is 2.58. The average molecular weight is 199 g/mol. The highest BCUT2D eigenvalue weighted by Crippen LogP contribution is 2.31. The summed E-state index contributed by atoms with van der Waals surface area (Å²) in [7, 11) is 0. The Morgan fingerprint density at radius 3 is 2.43 bits per heavy atom. The second-order valence-corrected chi connectivity index (χ2v) is 4.43. The van der Waals surface area contributed by atoms with Crippen LogP contribution >= 0.6 is 0 Å². The Morgan fingerprint density at radius 2 is 2.07 bits per heavy atom. The number of amides is 2. The van der Waals surface area contributed by atoms with Crippen molar-refractivity contribution in [3.63, 3.8) is 0 Å². The molecule has 1 aliphatic heterocycles. The minimum absolute atomic E-state index is 0.137. The van der Waals surface area contributed by atoms with Gasteiger partial charge in [-0.1, -0.05) is 20.8 Å². The first-order valence-electron chi connectivity index (χ1n) is 4.91. The molecule has 1 saturated heterocycles. The van der Waals surface area contributed by atoms with Gasteiger partial charge in [-0.05, 0) is 6.42 Å². The number of aliphatic hydroxyl groups is 1. The second kappa shape index (κ2) is 3.69. The number of likely N-dealkylation sites (tertiary alicyclic amines) is 1. The highest BCUT2D eigenvalue weighted by atomic mass is 16.3. The third kappa shape index (κ3) is 1.95. The number of carbonyl (C=O) groups excluding carboxylic acids is 2. The molecule has 0 aromatic carbocycles. The molecule has 0 bridgehead atoms. The van der Waals surface area contributed by atoms with E-state index in [1.54, 1.807) is 13.8 Å². The van der Waals surface area contributed by atoms with Gasteiger partial charge in [0, 0.05) is 6.42 Å². The van der Waals surface area contributed by atoms with Gasteiger partial charge in [-0.15, -0.1) is 0 Å². The summed E-state index contributed by atoms with van der Waals surface area (Å²) in [5, 5.41) is 9.38. The zero-order valence-corrected chi connectivity index (χ0v) is 8.91. The van der Waals surface area contributed by atoms with Gasteiger partial charge in [0.2, 0.25) is 11.8 Å². The molecular formula is C10H17NO3. The minimum atomic E-state index is -0.600. The molecule has 4 heteroatoms. The van der Waals surface area contributed by atoms with Gasteiger partial charge in [0.15, 0.2) is 0 Å². The number of nitrogens with zero attached hydrogens (tertiary/aromatic N) is 1. The SMILES string of the molecule is CCC(O)CN1C(=O)CC(C)(C)C1=O. The van der Waals surface area contributed by atoms with Crippen LogP contribution in [-0.2, 0) is 9.59 Å². The summed E-state index contributed by atoms with van der Waals surface area (Å²) >= 11 is 0. The fraction of sp³-hybridized carbons (Fsp3) is 0.800. The predicted molar refractivity (Wildman–Crippen MR) is 51.4 cm³/mol. The van der Waals surface area contributed by atoms with Gasteiger partial charge in [0.05, 0.1) is 18.1 Å². The molecule has 1 heterocycles. The maximum Gasteiger partial charge on any atom is 0.235 e. The van der Waals surface area contributed by atoms with Crippen LogP contribution in [0.1, 0.15) is 33.6 Å². The van der Waals surface area contributed by atoms with E-state index in [9.17, 15) is 14.7 Å². The molecule has 0 spiro atoms. The van der Waals surface area contributed by atoms with E-state index >= 15 is 0 Å². The van der Waals surface area contributed by atoms with Crippen molar-refractivity contribution in [2.45, 2.75) is 39.7 Å². The number of β-amino-alcohol motifs (C(OH)–C–C–N with tert-alkyl or cyclic N) is 1. The molecule has 0 saturated carbocycles. The predicted octanol–water partition coefficient (Wildman–Crippen LogP) is 0.542. The van der Waals surface area contributed by atoms with Crippen LogP contribution in [0.4, 0.5) is 0 Å². The first-order chi connectivity index (χ1) is 6.38. The summed E-state index contributed by atoms with van der Waals surface area (Å²) in [6.45, 7) is 5.47. The molecule has 1 N–H and O–H groups in total. The largest absolute Gasteiger partial charge is 0.391 e. The Labute approximate surface area is 83.9 Å². The lowest BCUT2D eigenvalue weighted by Crippen LogP contribution is -2.38. The Kier molecular flexibility index (Phi) is 2.95. The van der Waals surface area contributed by atoms with Crippen LogP contribution in [0.15, 0.2) is 0 Å². The summed E-state index contributed by atoms with van der Waals surface area (Å²) in [5.41, 5.74) is -0.593. The van der Waals surface area contributed by atoms with Crippen LogP contribution in [0.2, 0.25) is 0 Å². The normalized spacial score (nSPS) is 23.0. The molecular weight excluding hydrogens is 182 g/mol. The van der Waals surface area contributed by atoms with Crippen molar-refractivity contribution in [3.05, 3.63) is 0 Å². The fourth-order valence-electron chi connectivity index (χ4n) is 1.55. The maximum atomic E-state index is 11.7. The van der Waals surface area contributed by atoms with Crippen LogP contribution in [0, 0.1) is 5.41 Å². The standard InChI is InChI=1S/C10H17NO3/c1-4-7(12)6-11-8(13)5-10(2,3)9(11)14/h7,12H,4-6H2,1-3H3. The topological polar surface area (TPSA) is 57.6 Å². The van der Waals surface area contributed by atoms with Gasteiger partial charge >= 0.3 is 0 Å².